The molecule has 1 atom stereocenters. The van der Waals surface area contributed by atoms with Crippen molar-refractivity contribution in [3.8, 4) is 0 Å². The molecule has 0 amide bonds. The Bertz CT molecular complexity index is 91.3. The van der Waals surface area contributed by atoms with Gasteiger partial charge in [-0.3, -0.25) is 0 Å². The molecule has 2 heteroatoms. The van der Waals surface area contributed by atoms with Crippen molar-refractivity contribution in [2.75, 3.05) is 7.11 Å². The fourth-order valence-corrected chi connectivity index (χ4v) is 1.11. The molecule has 0 fully saturated rings. The van der Waals surface area contributed by atoms with E-state index in [-0.39, 0.29) is 11.6 Å². The molecule has 0 radical (unpaired) electrons. The first kappa shape index (κ1) is 9.92. The van der Waals surface area contributed by atoms with Gasteiger partial charge in [0.2, 0.25) is 0 Å². The topological polar surface area (TPSA) is 35.2 Å². The number of nitrogens with two attached hydrogens (primary N) is 1. The van der Waals surface area contributed by atoms with Crippen molar-refractivity contribution >= 4 is 0 Å². The molecule has 0 bridgehead atoms. The summed E-state index contributed by atoms with van der Waals surface area (Å²) in [6.07, 6.45) is 2.14. The fourth-order valence-electron chi connectivity index (χ4n) is 1.11. The molecule has 1 unspecified atom stereocenters. The molecule has 2 nitrogen and oxygen atoms in total. The molecule has 2 N–H and O–H groups in total. The van der Waals surface area contributed by atoms with Crippen molar-refractivity contribution in [3.63, 3.8) is 0 Å². The van der Waals surface area contributed by atoms with E-state index in [9.17, 15) is 0 Å². The van der Waals surface area contributed by atoms with Crippen LogP contribution in [0.3, 0.4) is 0 Å². The second-order valence-corrected chi connectivity index (χ2v) is 3.39. The normalized spacial score (nSPS) is 15.3. The molecule has 0 saturated heterocycles. The van der Waals surface area contributed by atoms with Crippen LogP contribution in [0.25, 0.3) is 0 Å². The molecule has 10 heavy (non-hydrogen) atoms. The highest BCUT2D eigenvalue weighted by Gasteiger charge is 2.24. The Morgan fingerprint density at radius 3 is 2.30 bits per heavy atom. The van der Waals surface area contributed by atoms with Gasteiger partial charge in [0.25, 0.3) is 0 Å². The molecule has 0 aromatic heterocycles. The Kier molecular flexibility index (Phi) is 3.91. The lowest BCUT2D eigenvalue weighted by Crippen LogP contribution is -2.38. The molecule has 0 heterocycles. The SMILES string of the molecule is CCCC(C)(C)C(N)OC. The minimum Gasteiger partial charge on any atom is -0.366 e. The third-order valence-corrected chi connectivity index (χ3v) is 1.92. The van der Waals surface area contributed by atoms with Crippen LogP contribution < -0.4 is 5.73 Å². The monoisotopic (exact) mass is 145 g/mol. The van der Waals surface area contributed by atoms with Crippen LogP contribution in [-0.2, 0) is 4.74 Å². The van der Waals surface area contributed by atoms with Crippen molar-refractivity contribution in [1.82, 2.24) is 0 Å². The molecule has 0 saturated carbocycles. The molecule has 0 aliphatic rings. The molecule has 0 rings (SSSR count). The van der Waals surface area contributed by atoms with Crippen LogP contribution in [0.4, 0.5) is 0 Å². The highest BCUT2D eigenvalue weighted by Crippen LogP contribution is 2.25. The first-order valence-electron chi connectivity index (χ1n) is 3.83. The van der Waals surface area contributed by atoms with Crippen molar-refractivity contribution in [2.24, 2.45) is 11.1 Å². The summed E-state index contributed by atoms with van der Waals surface area (Å²) in [4.78, 5) is 0. The van der Waals surface area contributed by atoms with Gasteiger partial charge in [-0.1, -0.05) is 27.2 Å². The minimum absolute atomic E-state index is 0.115. The first-order chi connectivity index (χ1) is 4.54. The van der Waals surface area contributed by atoms with Crippen LogP contribution in [0.1, 0.15) is 33.6 Å². The summed E-state index contributed by atoms with van der Waals surface area (Å²) >= 11 is 0. The van der Waals surface area contributed by atoms with E-state index in [0.29, 0.717) is 0 Å². The van der Waals surface area contributed by atoms with Crippen LogP contribution in [0.2, 0.25) is 0 Å². The zero-order chi connectivity index (χ0) is 8.20. The van der Waals surface area contributed by atoms with Crippen molar-refractivity contribution in [1.29, 1.82) is 0 Å². The Morgan fingerprint density at radius 2 is 2.00 bits per heavy atom. The van der Waals surface area contributed by atoms with Gasteiger partial charge in [-0.25, -0.2) is 0 Å². The van der Waals surface area contributed by atoms with Gasteiger partial charge in [0.05, 0.1) is 0 Å². The van der Waals surface area contributed by atoms with Crippen LogP contribution in [0, 0.1) is 5.41 Å². The van der Waals surface area contributed by atoms with Crippen LogP contribution in [0.5, 0.6) is 0 Å². The lowest BCUT2D eigenvalue weighted by molar-refractivity contribution is 0.00672. The summed E-state index contributed by atoms with van der Waals surface area (Å²) in [5.41, 5.74) is 5.83. The maximum atomic E-state index is 5.71. The Labute approximate surface area is 63.7 Å². The zero-order valence-corrected chi connectivity index (χ0v) is 7.48. The average molecular weight is 145 g/mol. The van der Waals surface area contributed by atoms with Gasteiger partial charge in [0, 0.05) is 12.5 Å². The summed E-state index contributed by atoms with van der Waals surface area (Å²) < 4.78 is 5.05. The lowest BCUT2D eigenvalue weighted by Gasteiger charge is -2.29. The predicted octanol–water partition coefficient (Wildman–Crippen LogP) is 1.74. The number of hydrogen-bond donors (Lipinski definition) is 1. The van der Waals surface area contributed by atoms with Gasteiger partial charge in [0.15, 0.2) is 0 Å². The van der Waals surface area contributed by atoms with E-state index in [1.165, 1.54) is 0 Å². The highest BCUT2D eigenvalue weighted by atomic mass is 16.5. The van der Waals surface area contributed by atoms with Gasteiger partial charge in [-0.15, -0.1) is 0 Å². The Morgan fingerprint density at radius 1 is 1.50 bits per heavy atom. The molecule has 62 valence electrons. The summed E-state index contributed by atoms with van der Waals surface area (Å²) in [7, 11) is 1.65. The molecular weight excluding hydrogens is 126 g/mol. The molecule has 0 spiro atoms. The number of ether oxygens (including phenoxy) is 1. The first-order valence-corrected chi connectivity index (χ1v) is 3.83. The van der Waals surface area contributed by atoms with Gasteiger partial charge in [-0.05, 0) is 6.42 Å². The standard InChI is InChI=1S/C8H19NO/c1-5-6-8(2,3)7(9)10-4/h7H,5-6,9H2,1-4H3. The van der Waals surface area contributed by atoms with E-state index in [0.717, 1.165) is 12.8 Å². The molecular formula is C8H19NO. The van der Waals surface area contributed by atoms with Gasteiger partial charge in [-0.2, -0.15) is 0 Å². The summed E-state index contributed by atoms with van der Waals surface area (Å²) in [5, 5.41) is 0. The van der Waals surface area contributed by atoms with E-state index < -0.39 is 0 Å². The third kappa shape index (κ3) is 2.67. The second-order valence-electron chi connectivity index (χ2n) is 3.39. The summed E-state index contributed by atoms with van der Waals surface area (Å²) in [6.45, 7) is 6.42. The Balaban J connectivity index is 3.82. The lowest BCUT2D eigenvalue weighted by atomic mass is 9.86. The van der Waals surface area contributed by atoms with E-state index in [1.807, 2.05) is 0 Å². The zero-order valence-electron chi connectivity index (χ0n) is 7.48. The minimum atomic E-state index is -0.132. The van der Waals surface area contributed by atoms with E-state index in [4.69, 9.17) is 10.5 Å². The van der Waals surface area contributed by atoms with Crippen molar-refractivity contribution in [3.05, 3.63) is 0 Å². The van der Waals surface area contributed by atoms with Crippen LogP contribution in [0.15, 0.2) is 0 Å². The van der Waals surface area contributed by atoms with Crippen molar-refractivity contribution in [2.45, 2.75) is 39.8 Å². The highest BCUT2D eigenvalue weighted by molar-refractivity contribution is 4.73. The largest absolute Gasteiger partial charge is 0.366 e. The fraction of sp³-hybridized carbons (Fsp3) is 1.00. The molecule has 0 aliphatic carbocycles. The second kappa shape index (κ2) is 3.94. The van der Waals surface area contributed by atoms with Gasteiger partial charge < -0.3 is 10.5 Å². The van der Waals surface area contributed by atoms with E-state index in [1.54, 1.807) is 7.11 Å². The average Bonchev–Trinajstić information content (AvgIpc) is 1.86. The molecule has 0 aromatic rings. The van der Waals surface area contributed by atoms with E-state index >= 15 is 0 Å². The maximum absolute atomic E-state index is 5.71. The Hall–Kier alpha value is -0.0800. The third-order valence-electron chi connectivity index (χ3n) is 1.92. The summed E-state index contributed by atoms with van der Waals surface area (Å²) in [5.74, 6) is 0. The van der Waals surface area contributed by atoms with Gasteiger partial charge >= 0.3 is 0 Å². The smallest absolute Gasteiger partial charge is 0.110 e. The number of rotatable bonds is 4. The van der Waals surface area contributed by atoms with Gasteiger partial charge in [0.1, 0.15) is 6.23 Å². The summed E-state index contributed by atoms with van der Waals surface area (Å²) in [6, 6.07) is 0. The number of hydrogen-bond acceptors (Lipinski definition) is 2. The van der Waals surface area contributed by atoms with Crippen molar-refractivity contribution < 1.29 is 4.74 Å². The van der Waals surface area contributed by atoms with Crippen LogP contribution in [-0.4, -0.2) is 13.3 Å². The predicted molar refractivity (Wildman–Crippen MR) is 43.7 cm³/mol. The quantitative estimate of drug-likeness (QED) is 0.612. The van der Waals surface area contributed by atoms with Crippen LogP contribution >= 0.6 is 0 Å². The maximum Gasteiger partial charge on any atom is 0.110 e. The number of methoxy groups -OCH3 is 1. The molecule has 0 aromatic carbocycles. The van der Waals surface area contributed by atoms with E-state index in [2.05, 4.69) is 20.8 Å². The molecule has 0 aliphatic heterocycles.